The lowest BCUT2D eigenvalue weighted by Crippen LogP contribution is -2.26. The van der Waals surface area contributed by atoms with Crippen molar-refractivity contribution in [3.05, 3.63) is 28.3 Å². The van der Waals surface area contributed by atoms with Gasteiger partial charge in [-0.05, 0) is 67.4 Å². The molecule has 2 rings (SSSR count). The van der Waals surface area contributed by atoms with Crippen molar-refractivity contribution in [1.82, 2.24) is 5.32 Å². The van der Waals surface area contributed by atoms with Crippen LogP contribution in [0.3, 0.4) is 0 Å². The number of benzene rings is 1. The SMILES string of the molecule is CCCNCC(Cc1cc(Cl)cc2c1OCC2)CC(C)C. The van der Waals surface area contributed by atoms with Gasteiger partial charge in [-0.15, -0.1) is 0 Å². The lowest BCUT2D eigenvalue weighted by Gasteiger charge is -2.21. The molecule has 1 heterocycles. The van der Waals surface area contributed by atoms with Crippen molar-refractivity contribution >= 4 is 11.6 Å². The largest absolute Gasteiger partial charge is 0.493 e. The summed E-state index contributed by atoms with van der Waals surface area (Å²) in [6, 6.07) is 4.15. The molecule has 0 radical (unpaired) electrons. The Morgan fingerprint density at radius 1 is 1.33 bits per heavy atom. The minimum atomic E-state index is 0.642. The van der Waals surface area contributed by atoms with Crippen LogP contribution >= 0.6 is 11.6 Å². The van der Waals surface area contributed by atoms with Crippen LogP contribution in [0.1, 0.15) is 44.7 Å². The first-order chi connectivity index (χ1) is 10.1. The molecule has 2 nitrogen and oxygen atoms in total. The Kier molecular flexibility index (Phi) is 6.38. The first-order valence-electron chi connectivity index (χ1n) is 8.25. The van der Waals surface area contributed by atoms with E-state index in [0.717, 1.165) is 43.3 Å². The summed E-state index contributed by atoms with van der Waals surface area (Å²) < 4.78 is 5.84. The van der Waals surface area contributed by atoms with Crippen molar-refractivity contribution in [2.75, 3.05) is 19.7 Å². The van der Waals surface area contributed by atoms with Gasteiger partial charge in [0.2, 0.25) is 0 Å². The molecule has 0 aromatic heterocycles. The average molecular weight is 310 g/mol. The smallest absolute Gasteiger partial charge is 0.125 e. The maximum Gasteiger partial charge on any atom is 0.125 e. The molecule has 1 aliphatic rings. The zero-order chi connectivity index (χ0) is 15.2. The van der Waals surface area contributed by atoms with Gasteiger partial charge in [0.05, 0.1) is 6.61 Å². The fourth-order valence-corrected chi connectivity index (χ4v) is 3.46. The van der Waals surface area contributed by atoms with Crippen LogP contribution in [-0.4, -0.2) is 19.7 Å². The van der Waals surface area contributed by atoms with Gasteiger partial charge in [0.1, 0.15) is 5.75 Å². The standard InChI is InChI=1S/C18H28ClNO/c1-4-6-20-12-14(8-13(2)3)9-16-11-17(19)10-15-5-7-21-18(15)16/h10-11,13-14,20H,4-9,12H2,1-3H3. The number of rotatable bonds is 8. The molecule has 118 valence electrons. The van der Waals surface area contributed by atoms with E-state index in [1.165, 1.54) is 24.0 Å². The summed E-state index contributed by atoms with van der Waals surface area (Å²) in [5.41, 5.74) is 2.57. The fourth-order valence-electron chi connectivity index (χ4n) is 3.20. The minimum Gasteiger partial charge on any atom is -0.493 e. The molecule has 1 N–H and O–H groups in total. The predicted octanol–water partition coefficient (Wildman–Crippen LogP) is 4.48. The summed E-state index contributed by atoms with van der Waals surface area (Å²) in [6.07, 6.45) is 4.46. The van der Waals surface area contributed by atoms with E-state index in [-0.39, 0.29) is 0 Å². The summed E-state index contributed by atoms with van der Waals surface area (Å²) in [5, 5.41) is 4.42. The number of ether oxygens (including phenoxy) is 1. The highest BCUT2D eigenvalue weighted by Gasteiger charge is 2.20. The van der Waals surface area contributed by atoms with Gasteiger partial charge in [-0.3, -0.25) is 0 Å². The molecule has 0 saturated heterocycles. The summed E-state index contributed by atoms with van der Waals surface area (Å²) in [6.45, 7) is 9.78. The second kappa shape index (κ2) is 8.05. The monoisotopic (exact) mass is 309 g/mol. The van der Waals surface area contributed by atoms with Gasteiger partial charge in [-0.25, -0.2) is 0 Å². The van der Waals surface area contributed by atoms with Crippen molar-refractivity contribution in [2.24, 2.45) is 11.8 Å². The molecular formula is C18H28ClNO. The van der Waals surface area contributed by atoms with Gasteiger partial charge >= 0.3 is 0 Å². The number of hydrogen-bond donors (Lipinski definition) is 1. The quantitative estimate of drug-likeness (QED) is 0.715. The highest BCUT2D eigenvalue weighted by atomic mass is 35.5. The molecule has 1 aromatic rings. The third kappa shape index (κ3) is 4.89. The Morgan fingerprint density at radius 2 is 2.14 bits per heavy atom. The predicted molar refractivity (Wildman–Crippen MR) is 90.5 cm³/mol. The Hall–Kier alpha value is -0.730. The number of hydrogen-bond acceptors (Lipinski definition) is 2. The molecule has 0 bridgehead atoms. The average Bonchev–Trinajstić information content (AvgIpc) is 2.86. The summed E-state index contributed by atoms with van der Waals surface area (Å²) in [5.74, 6) is 2.46. The summed E-state index contributed by atoms with van der Waals surface area (Å²) >= 11 is 6.27. The molecule has 0 aliphatic carbocycles. The van der Waals surface area contributed by atoms with E-state index < -0.39 is 0 Å². The van der Waals surface area contributed by atoms with Crippen LogP contribution in [0.15, 0.2) is 12.1 Å². The van der Waals surface area contributed by atoms with E-state index in [4.69, 9.17) is 16.3 Å². The van der Waals surface area contributed by atoms with Gasteiger partial charge in [0.15, 0.2) is 0 Å². The third-order valence-corrected chi connectivity index (χ3v) is 4.22. The normalized spacial score (nSPS) is 15.1. The highest BCUT2D eigenvalue weighted by molar-refractivity contribution is 6.30. The first-order valence-corrected chi connectivity index (χ1v) is 8.62. The molecule has 1 aliphatic heterocycles. The fraction of sp³-hybridized carbons (Fsp3) is 0.667. The molecule has 0 spiro atoms. The second-order valence-electron chi connectivity index (χ2n) is 6.56. The van der Waals surface area contributed by atoms with Gasteiger partial charge in [-0.2, -0.15) is 0 Å². The maximum absolute atomic E-state index is 6.27. The van der Waals surface area contributed by atoms with Crippen molar-refractivity contribution < 1.29 is 4.74 Å². The Balaban J connectivity index is 2.08. The van der Waals surface area contributed by atoms with Gasteiger partial charge in [0.25, 0.3) is 0 Å². The van der Waals surface area contributed by atoms with Crippen LogP contribution in [0, 0.1) is 11.8 Å². The van der Waals surface area contributed by atoms with Crippen LogP contribution in [0.5, 0.6) is 5.75 Å². The molecular weight excluding hydrogens is 282 g/mol. The van der Waals surface area contributed by atoms with E-state index in [9.17, 15) is 0 Å². The molecule has 1 aromatic carbocycles. The van der Waals surface area contributed by atoms with Gasteiger partial charge < -0.3 is 10.1 Å². The van der Waals surface area contributed by atoms with Crippen LogP contribution in [-0.2, 0) is 12.8 Å². The molecule has 21 heavy (non-hydrogen) atoms. The third-order valence-electron chi connectivity index (χ3n) is 4.00. The van der Waals surface area contributed by atoms with Crippen LogP contribution < -0.4 is 10.1 Å². The molecule has 0 saturated carbocycles. The molecule has 3 heteroatoms. The Labute approximate surface area is 134 Å². The number of halogens is 1. The van der Waals surface area contributed by atoms with Gasteiger partial charge in [0, 0.05) is 11.4 Å². The van der Waals surface area contributed by atoms with Crippen molar-refractivity contribution in [3.8, 4) is 5.75 Å². The van der Waals surface area contributed by atoms with Crippen molar-refractivity contribution in [3.63, 3.8) is 0 Å². The molecule has 0 fully saturated rings. The zero-order valence-corrected chi connectivity index (χ0v) is 14.3. The van der Waals surface area contributed by atoms with Crippen molar-refractivity contribution in [2.45, 2.75) is 46.5 Å². The first kappa shape index (κ1) is 16.6. The van der Waals surface area contributed by atoms with E-state index in [1.807, 2.05) is 0 Å². The van der Waals surface area contributed by atoms with Crippen LogP contribution in [0.2, 0.25) is 5.02 Å². The van der Waals surface area contributed by atoms with Crippen LogP contribution in [0.25, 0.3) is 0 Å². The van der Waals surface area contributed by atoms with E-state index in [2.05, 4.69) is 38.2 Å². The molecule has 0 amide bonds. The van der Waals surface area contributed by atoms with E-state index in [1.54, 1.807) is 0 Å². The summed E-state index contributed by atoms with van der Waals surface area (Å²) in [4.78, 5) is 0. The Bertz CT molecular complexity index is 459. The lowest BCUT2D eigenvalue weighted by atomic mass is 9.90. The maximum atomic E-state index is 6.27. The highest BCUT2D eigenvalue weighted by Crippen LogP contribution is 2.34. The Morgan fingerprint density at radius 3 is 2.86 bits per heavy atom. The lowest BCUT2D eigenvalue weighted by molar-refractivity contribution is 0.343. The summed E-state index contributed by atoms with van der Waals surface area (Å²) in [7, 11) is 0. The number of nitrogens with one attached hydrogen (secondary N) is 1. The topological polar surface area (TPSA) is 21.3 Å². The minimum absolute atomic E-state index is 0.642. The van der Waals surface area contributed by atoms with Crippen molar-refractivity contribution in [1.29, 1.82) is 0 Å². The molecule has 1 atom stereocenters. The van der Waals surface area contributed by atoms with Crippen LogP contribution in [0.4, 0.5) is 0 Å². The van der Waals surface area contributed by atoms with E-state index >= 15 is 0 Å². The van der Waals surface area contributed by atoms with E-state index in [0.29, 0.717) is 11.8 Å². The molecule has 1 unspecified atom stereocenters. The number of fused-ring (bicyclic) bond motifs is 1. The second-order valence-corrected chi connectivity index (χ2v) is 6.99. The van der Waals surface area contributed by atoms with Gasteiger partial charge in [-0.1, -0.05) is 32.4 Å². The zero-order valence-electron chi connectivity index (χ0n) is 13.5.